The van der Waals surface area contributed by atoms with Crippen LogP contribution in [0.15, 0.2) is 30.6 Å². The fourth-order valence-corrected chi connectivity index (χ4v) is 1.42. The Morgan fingerprint density at radius 2 is 2.20 bits per heavy atom. The number of aromatic nitrogens is 2. The van der Waals surface area contributed by atoms with E-state index in [2.05, 4.69) is 5.10 Å². The first-order valence-corrected chi connectivity index (χ1v) is 4.53. The third-order valence-electron chi connectivity index (χ3n) is 2.19. The number of rotatable bonds is 2. The normalized spacial score (nSPS) is 10.3. The minimum atomic E-state index is -0.303. The van der Waals surface area contributed by atoms with Gasteiger partial charge in [-0.15, -0.1) is 0 Å². The van der Waals surface area contributed by atoms with Gasteiger partial charge in [-0.3, -0.25) is 4.68 Å². The van der Waals surface area contributed by atoms with E-state index in [0.29, 0.717) is 11.3 Å². The molecule has 2 aromatic rings. The fraction of sp³-hybridized carbons (Fsp3) is 0.182. The van der Waals surface area contributed by atoms with Crippen LogP contribution in [0.25, 0.3) is 11.1 Å². The van der Waals surface area contributed by atoms with Gasteiger partial charge in [0.1, 0.15) is 11.6 Å². The number of methoxy groups -OCH3 is 1. The molecule has 4 heteroatoms. The molecule has 0 aliphatic carbocycles. The molecule has 1 aromatic heterocycles. The predicted octanol–water partition coefficient (Wildman–Crippen LogP) is 2.23. The summed E-state index contributed by atoms with van der Waals surface area (Å²) >= 11 is 0. The molecule has 78 valence electrons. The maximum atomic E-state index is 13.6. The smallest absolute Gasteiger partial charge is 0.134 e. The Labute approximate surface area is 87.1 Å². The summed E-state index contributed by atoms with van der Waals surface area (Å²) in [6.45, 7) is 0. The molecule has 3 nitrogen and oxygen atoms in total. The summed E-state index contributed by atoms with van der Waals surface area (Å²) in [4.78, 5) is 0. The molecule has 1 aromatic carbocycles. The number of halogens is 1. The molecule has 1 heterocycles. The fourth-order valence-electron chi connectivity index (χ4n) is 1.42. The highest BCUT2D eigenvalue weighted by atomic mass is 19.1. The molecule has 15 heavy (non-hydrogen) atoms. The number of ether oxygens (including phenoxy) is 1. The summed E-state index contributed by atoms with van der Waals surface area (Å²) in [5.74, 6) is 0.211. The van der Waals surface area contributed by atoms with Crippen LogP contribution >= 0.6 is 0 Å². The zero-order valence-corrected chi connectivity index (χ0v) is 8.57. The Hall–Kier alpha value is -1.84. The van der Waals surface area contributed by atoms with Crippen molar-refractivity contribution in [3.8, 4) is 16.9 Å². The van der Waals surface area contributed by atoms with Crippen LogP contribution in [0, 0.1) is 5.82 Å². The zero-order valence-electron chi connectivity index (χ0n) is 8.57. The molecule has 0 fully saturated rings. The van der Waals surface area contributed by atoms with E-state index in [1.807, 2.05) is 0 Å². The van der Waals surface area contributed by atoms with E-state index < -0.39 is 0 Å². The number of aryl methyl sites for hydroxylation is 1. The molecule has 0 unspecified atom stereocenters. The number of hydrogen-bond donors (Lipinski definition) is 0. The van der Waals surface area contributed by atoms with E-state index in [1.54, 1.807) is 36.3 Å². The predicted molar refractivity (Wildman–Crippen MR) is 55.2 cm³/mol. The van der Waals surface area contributed by atoms with Gasteiger partial charge in [0.25, 0.3) is 0 Å². The Morgan fingerprint density at radius 1 is 1.40 bits per heavy atom. The summed E-state index contributed by atoms with van der Waals surface area (Å²) in [6, 6.07) is 4.78. The lowest BCUT2D eigenvalue weighted by Crippen LogP contribution is -1.87. The van der Waals surface area contributed by atoms with Crippen LogP contribution in [-0.2, 0) is 7.05 Å². The van der Waals surface area contributed by atoms with Gasteiger partial charge in [0, 0.05) is 30.4 Å². The van der Waals surface area contributed by atoms with Crippen molar-refractivity contribution in [2.24, 2.45) is 7.05 Å². The molecule has 0 aliphatic heterocycles. The molecular weight excluding hydrogens is 195 g/mol. The van der Waals surface area contributed by atoms with E-state index in [0.717, 1.165) is 5.56 Å². The van der Waals surface area contributed by atoms with E-state index in [9.17, 15) is 4.39 Å². The third-order valence-corrected chi connectivity index (χ3v) is 2.19. The number of nitrogens with zero attached hydrogens (tertiary/aromatic N) is 2. The lowest BCUT2D eigenvalue weighted by Gasteiger charge is -2.03. The van der Waals surface area contributed by atoms with Crippen molar-refractivity contribution in [2.45, 2.75) is 0 Å². The summed E-state index contributed by atoms with van der Waals surface area (Å²) in [5, 5.41) is 4.00. The highest BCUT2D eigenvalue weighted by Gasteiger charge is 2.07. The average Bonchev–Trinajstić information content (AvgIpc) is 2.64. The largest absolute Gasteiger partial charge is 0.497 e. The Bertz CT molecular complexity index is 479. The maximum absolute atomic E-state index is 13.6. The molecule has 0 saturated heterocycles. The van der Waals surface area contributed by atoms with Crippen LogP contribution in [0.4, 0.5) is 4.39 Å². The van der Waals surface area contributed by atoms with Crippen molar-refractivity contribution >= 4 is 0 Å². The minimum absolute atomic E-state index is 0.303. The quantitative estimate of drug-likeness (QED) is 0.753. The lowest BCUT2D eigenvalue weighted by molar-refractivity contribution is 0.411. The summed E-state index contributed by atoms with van der Waals surface area (Å²) in [5.41, 5.74) is 1.29. The Kier molecular flexibility index (Phi) is 2.41. The molecule has 0 amide bonds. The van der Waals surface area contributed by atoms with E-state index >= 15 is 0 Å². The van der Waals surface area contributed by atoms with Crippen LogP contribution in [0.3, 0.4) is 0 Å². The van der Waals surface area contributed by atoms with Crippen molar-refractivity contribution in [2.75, 3.05) is 7.11 Å². The molecule has 0 radical (unpaired) electrons. The second-order valence-corrected chi connectivity index (χ2v) is 3.25. The summed E-state index contributed by atoms with van der Waals surface area (Å²) in [7, 11) is 3.31. The van der Waals surface area contributed by atoms with Gasteiger partial charge in [0.15, 0.2) is 0 Å². The van der Waals surface area contributed by atoms with Crippen molar-refractivity contribution in [3.63, 3.8) is 0 Å². The van der Waals surface area contributed by atoms with E-state index in [4.69, 9.17) is 4.74 Å². The van der Waals surface area contributed by atoms with Crippen LogP contribution in [0.5, 0.6) is 5.75 Å². The molecular formula is C11H11FN2O. The van der Waals surface area contributed by atoms with E-state index in [1.165, 1.54) is 13.2 Å². The van der Waals surface area contributed by atoms with Gasteiger partial charge >= 0.3 is 0 Å². The first-order chi connectivity index (χ1) is 7.20. The van der Waals surface area contributed by atoms with Crippen LogP contribution in [0.2, 0.25) is 0 Å². The summed E-state index contributed by atoms with van der Waals surface area (Å²) in [6.07, 6.45) is 3.40. The van der Waals surface area contributed by atoms with E-state index in [-0.39, 0.29) is 5.82 Å². The highest BCUT2D eigenvalue weighted by Crippen LogP contribution is 2.25. The topological polar surface area (TPSA) is 27.1 Å². The molecule has 0 saturated carbocycles. The van der Waals surface area contributed by atoms with Gasteiger partial charge in [-0.2, -0.15) is 5.10 Å². The second kappa shape index (κ2) is 3.73. The van der Waals surface area contributed by atoms with Crippen molar-refractivity contribution in [3.05, 3.63) is 36.4 Å². The maximum Gasteiger partial charge on any atom is 0.134 e. The van der Waals surface area contributed by atoms with Crippen molar-refractivity contribution in [1.82, 2.24) is 9.78 Å². The van der Waals surface area contributed by atoms with Crippen molar-refractivity contribution in [1.29, 1.82) is 0 Å². The minimum Gasteiger partial charge on any atom is -0.497 e. The van der Waals surface area contributed by atoms with Gasteiger partial charge in [-0.05, 0) is 12.1 Å². The van der Waals surface area contributed by atoms with Gasteiger partial charge < -0.3 is 4.74 Å². The number of benzene rings is 1. The molecule has 0 atom stereocenters. The molecule has 0 aliphatic rings. The lowest BCUT2D eigenvalue weighted by atomic mass is 10.1. The Morgan fingerprint density at radius 3 is 2.73 bits per heavy atom. The SMILES string of the molecule is COc1ccc(-c2cnn(C)c2)c(F)c1. The Balaban J connectivity index is 2.45. The number of hydrogen-bond acceptors (Lipinski definition) is 2. The van der Waals surface area contributed by atoms with Crippen molar-refractivity contribution < 1.29 is 9.13 Å². The van der Waals surface area contributed by atoms with Gasteiger partial charge in [-0.25, -0.2) is 4.39 Å². The zero-order chi connectivity index (χ0) is 10.8. The first kappa shape index (κ1) is 9.71. The van der Waals surface area contributed by atoms with Crippen LogP contribution < -0.4 is 4.74 Å². The van der Waals surface area contributed by atoms with Crippen LogP contribution in [0.1, 0.15) is 0 Å². The monoisotopic (exact) mass is 206 g/mol. The standard InChI is InChI=1S/C11H11FN2O/c1-14-7-8(6-13-14)10-4-3-9(15-2)5-11(10)12/h3-7H,1-2H3. The highest BCUT2D eigenvalue weighted by molar-refractivity contribution is 5.63. The third kappa shape index (κ3) is 1.83. The molecule has 0 bridgehead atoms. The molecule has 0 N–H and O–H groups in total. The average molecular weight is 206 g/mol. The van der Waals surface area contributed by atoms with Gasteiger partial charge in [0.05, 0.1) is 13.3 Å². The molecule has 2 rings (SSSR count). The van der Waals surface area contributed by atoms with Gasteiger partial charge in [-0.1, -0.05) is 0 Å². The van der Waals surface area contributed by atoms with Crippen LogP contribution in [-0.4, -0.2) is 16.9 Å². The van der Waals surface area contributed by atoms with Gasteiger partial charge in [0.2, 0.25) is 0 Å². The molecule has 0 spiro atoms. The second-order valence-electron chi connectivity index (χ2n) is 3.25. The first-order valence-electron chi connectivity index (χ1n) is 4.53. The summed E-state index contributed by atoms with van der Waals surface area (Å²) < 4.78 is 20.2.